The second kappa shape index (κ2) is 7.86. The zero-order chi connectivity index (χ0) is 17.7. The van der Waals surface area contributed by atoms with E-state index in [0.717, 1.165) is 16.8 Å². The minimum Gasteiger partial charge on any atom is -0.493 e. The van der Waals surface area contributed by atoms with Gasteiger partial charge in [-0.2, -0.15) is 0 Å². The number of carbonyl (C=O) groups is 2. The number of nitrogens with one attached hydrogen (secondary N) is 1. The zero-order valence-electron chi connectivity index (χ0n) is 14.4. The highest BCUT2D eigenvalue weighted by atomic mass is 16.6. The van der Waals surface area contributed by atoms with Gasteiger partial charge in [-0.05, 0) is 30.9 Å². The van der Waals surface area contributed by atoms with Crippen LogP contribution in [0.1, 0.15) is 37.8 Å². The molecule has 1 aromatic carbocycles. The second-order valence-corrected chi connectivity index (χ2v) is 5.93. The smallest absolute Gasteiger partial charge is 0.377 e. The molecule has 0 aromatic heterocycles. The van der Waals surface area contributed by atoms with E-state index in [0.29, 0.717) is 6.61 Å². The minimum atomic E-state index is -0.955. The molecule has 0 aliphatic carbocycles. The van der Waals surface area contributed by atoms with Gasteiger partial charge in [-0.1, -0.05) is 32.0 Å². The number of anilines is 1. The molecular formula is C18H23NO5. The predicted molar refractivity (Wildman–Crippen MR) is 89.4 cm³/mol. The Bertz CT molecular complexity index is 651. The number of carbonyl (C=O) groups excluding carboxylic acids is 2. The molecule has 1 heterocycles. The molecule has 6 nitrogen and oxygen atoms in total. The molecule has 1 aliphatic rings. The fourth-order valence-corrected chi connectivity index (χ4v) is 2.31. The van der Waals surface area contributed by atoms with Crippen molar-refractivity contribution in [2.45, 2.75) is 39.7 Å². The molecule has 0 bridgehead atoms. The third-order valence-electron chi connectivity index (χ3n) is 3.68. The molecule has 0 unspecified atom stereocenters. The summed E-state index contributed by atoms with van der Waals surface area (Å²) in [6.45, 7) is 8.23. The van der Waals surface area contributed by atoms with Crippen molar-refractivity contribution in [2.24, 2.45) is 0 Å². The van der Waals surface area contributed by atoms with Gasteiger partial charge < -0.3 is 19.5 Å². The summed E-state index contributed by atoms with van der Waals surface area (Å²) in [6, 6.07) is 5.86. The summed E-state index contributed by atoms with van der Waals surface area (Å²) >= 11 is 0. The van der Waals surface area contributed by atoms with Crippen molar-refractivity contribution in [3.8, 4) is 0 Å². The molecule has 0 saturated carbocycles. The molecule has 1 atom stereocenters. The first-order valence-corrected chi connectivity index (χ1v) is 7.96. The summed E-state index contributed by atoms with van der Waals surface area (Å²) in [7, 11) is 0. The van der Waals surface area contributed by atoms with Gasteiger partial charge in [0.05, 0.1) is 0 Å². The molecule has 0 spiro atoms. The first-order valence-electron chi connectivity index (χ1n) is 7.96. The van der Waals surface area contributed by atoms with E-state index in [1.165, 1.54) is 13.2 Å². The number of hydrogen-bond donors (Lipinski definition) is 1. The van der Waals surface area contributed by atoms with Gasteiger partial charge in [0.2, 0.25) is 5.76 Å². The average Bonchev–Trinajstić information content (AvgIpc) is 2.57. The number of hydrogen-bond acceptors (Lipinski definition) is 5. The van der Waals surface area contributed by atoms with Gasteiger partial charge in [-0.15, -0.1) is 0 Å². The van der Waals surface area contributed by atoms with E-state index < -0.39 is 18.0 Å². The lowest BCUT2D eigenvalue weighted by molar-refractivity contribution is -0.153. The maximum atomic E-state index is 12.4. The first-order chi connectivity index (χ1) is 11.4. The van der Waals surface area contributed by atoms with Crippen LogP contribution in [0.15, 0.2) is 30.2 Å². The van der Waals surface area contributed by atoms with E-state index in [1.54, 1.807) is 0 Å². The van der Waals surface area contributed by atoms with Gasteiger partial charge >= 0.3 is 5.97 Å². The van der Waals surface area contributed by atoms with E-state index in [2.05, 4.69) is 19.2 Å². The van der Waals surface area contributed by atoms with Crippen molar-refractivity contribution in [3.05, 3.63) is 41.3 Å². The third-order valence-corrected chi connectivity index (χ3v) is 3.68. The predicted octanol–water partition coefficient (Wildman–Crippen LogP) is 2.88. The normalized spacial score (nSPS) is 15.0. The van der Waals surface area contributed by atoms with E-state index in [1.807, 2.05) is 25.1 Å². The molecule has 0 saturated heterocycles. The van der Waals surface area contributed by atoms with Crippen LogP contribution in [-0.4, -0.2) is 31.2 Å². The lowest BCUT2D eigenvalue weighted by Gasteiger charge is -2.20. The summed E-state index contributed by atoms with van der Waals surface area (Å²) in [5.41, 5.74) is 2.75. The number of esters is 1. The fourth-order valence-electron chi connectivity index (χ4n) is 2.31. The fraction of sp³-hybridized carbons (Fsp3) is 0.444. The lowest BCUT2D eigenvalue weighted by Crippen LogP contribution is -2.32. The number of aryl methyl sites for hydroxylation is 1. The highest BCUT2D eigenvalue weighted by Crippen LogP contribution is 2.27. The quantitative estimate of drug-likeness (QED) is 0.839. The van der Waals surface area contributed by atoms with Crippen molar-refractivity contribution >= 4 is 17.6 Å². The van der Waals surface area contributed by atoms with Gasteiger partial charge in [0.15, 0.2) is 6.10 Å². The Balaban J connectivity index is 2.04. The van der Waals surface area contributed by atoms with Crippen LogP contribution in [0.5, 0.6) is 0 Å². The molecule has 1 aromatic rings. The zero-order valence-corrected chi connectivity index (χ0v) is 14.4. The van der Waals surface area contributed by atoms with Crippen molar-refractivity contribution in [1.82, 2.24) is 0 Å². The average molecular weight is 333 g/mol. The van der Waals surface area contributed by atoms with Crippen molar-refractivity contribution in [3.63, 3.8) is 0 Å². The maximum Gasteiger partial charge on any atom is 0.377 e. The summed E-state index contributed by atoms with van der Waals surface area (Å²) in [5, 5.41) is 2.86. The summed E-state index contributed by atoms with van der Waals surface area (Å²) < 4.78 is 15.3. The highest BCUT2D eigenvalue weighted by Gasteiger charge is 2.24. The lowest BCUT2D eigenvalue weighted by atomic mass is 9.98. The molecule has 1 aliphatic heterocycles. The van der Waals surface area contributed by atoms with Gasteiger partial charge in [-0.3, -0.25) is 4.79 Å². The van der Waals surface area contributed by atoms with Crippen LogP contribution in [0.3, 0.4) is 0 Å². The number of rotatable bonds is 5. The number of amides is 1. The number of para-hydroxylation sites is 1. The van der Waals surface area contributed by atoms with Crippen LogP contribution in [0.4, 0.5) is 5.69 Å². The molecule has 2 rings (SSSR count). The molecule has 0 radical (unpaired) electrons. The Morgan fingerprint density at radius 2 is 1.96 bits per heavy atom. The van der Waals surface area contributed by atoms with Crippen molar-refractivity contribution in [2.75, 3.05) is 18.5 Å². The molecule has 6 heteroatoms. The number of ether oxygens (including phenoxy) is 3. The van der Waals surface area contributed by atoms with Crippen LogP contribution in [-0.2, 0) is 23.8 Å². The monoisotopic (exact) mass is 333 g/mol. The molecular weight excluding hydrogens is 310 g/mol. The van der Waals surface area contributed by atoms with E-state index in [9.17, 15) is 9.59 Å². The van der Waals surface area contributed by atoms with Gasteiger partial charge in [-0.25, -0.2) is 4.79 Å². The van der Waals surface area contributed by atoms with Crippen LogP contribution in [0.2, 0.25) is 0 Å². The topological polar surface area (TPSA) is 73.9 Å². The van der Waals surface area contributed by atoms with Gasteiger partial charge in [0.25, 0.3) is 5.91 Å². The van der Waals surface area contributed by atoms with Crippen LogP contribution < -0.4 is 5.32 Å². The molecule has 0 fully saturated rings. The standard InChI is InChI=1S/C18H23NO5/c1-11(2)14-7-5-6-12(3)16(14)19-17(20)13(4)24-18(21)15-10-22-8-9-23-15/h5-7,10-11,13H,8-9H2,1-4H3,(H,19,20)/t13-/m0/s1. The van der Waals surface area contributed by atoms with Crippen LogP contribution >= 0.6 is 0 Å². The Morgan fingerprint density at radius 1 is 1.21 bits per heavy atom. The van der Waals surface area contributed by atoms with Crippen molar-refractivity contribution in [1.29, 1.82) is 0 Å². The third kappa shape index (κ3) is 4.28. The Labute approximate surface area is 141 Å². The van der Waals surface area contributed by atoms with E-state index in [4.69, 9.17) is 14.2 Å². The van der Waals surface area contributed by atoms with Crippen LogP contribution in [0, 0.1) is 6.92 Å². The minimum absolute atomic E-state index is 0.0281. The highest BCUT2D eigenvalue weighted by molar-refractivity contribution is 5.97. The second-order valence-electron chi connectivity index (χ2n) is 5.93. The maximum absolute atomic E-state index is 12.4. The largest absolute Gasteiger partial charge is 0.493 e. The van der Waals surface area contributed by atoms with Gasteiger partial charge in [0.1, 0.15) is 19.5 Å². The molecule has 1 N–H and O–H groups in total. The Hall–Kier alpha value is -2.50. The van der Waals surface area contributed by atoms with Gasteiger partial charge in [0, 0.05) is 5.69 Å². The Morgan fingerprint density at radius 3 is 2.58 bits per heavy atom. The summed E-state index contributed by atoms with van der Waals surface area (Å²) in [5.74, 6) is -0.876. The summed E-state index contributed by atoms with van der Waals surface area (Å²) in [6.07, 6.45) is 0.248. The molecule has 130 valence electrons. The van der Waals surface area contributed by atoms with E-state index >= 15 is 0 Å². The number of benzene rings is 1. The SMILES string of the molecule is Cc1cccc(C(C)C)c1NC(=O)[C@H](C)OC(=O)C1=COCCO1. The Kier molecular flexibility index (Phi) is 5.84. The van der Waals surface area contributed by atoms with E-state index in [-0.39, 0.29) is 18.3 Å². The molecule has 1 amide bonds. The van der Waals surface area contributed by atoms with Crippen molar-refractivity contribution < 1.29 is 23.8 Å². The molecule has 24 heavy (non-hydrogen) atoms. The van der Waals surface area contributed by atoms with Crippen LogP contribution in [0.25, 0.3) is 0 Å². The first kappa shape index (κ1) is 17.8. The summed E-state index contributed by atoms with van der Waals surface area (Å²) in [4.78, 5) is 24.3.